The van der Waals surface area contributed by atoms with Crippen LogP contribution < -0.4 is 5.73 Å². The van der Waals surface area contributed by atoms with Gasteiger partial charge in [0.05, 0.1) is 18.1 Å². The molecule has 1 rings (SSSR count). The summed E-state index contributed by atoms with van der Waals surface area (Å²) < 4.78 is 28.0. The lowest BCUT2D eigenvalue weighted by Gasteiger charge is -2.18. The van der Waals surface area contributed by atoms with Gasteiger partial charge in [-0.2, -0.15) is 0 Å². The molecule has 0 aliphatic heterocycles. The standard InChI is InChI=1S/C10H21NO3S/c1-14-6-7-15(12,13)8-10(11)9-4-2-3-5-9/h9-10H,2-8,11H2,1H3. The van der Waals surface area contributed by atoms with Crippen molar-refractivity contribution in [3.05, 3.63) is 0 Å². The Morgan fingerprint density at radius 2 is 2.00 bits per heavy atom. The summed E-state index contributed by atoms with van der Waals surface area (Å²) in [6, 6.07) is -0.186. The maximum absolute atomic E-state index is 11.6. The number of hydrogen-bond acceptors (Lipinski definition) is 4. The Balaban J connectivity index is 2.38. The molecule has 1 unspecified atom stereocenters. The molecule has 4 nitrogen and oxygen atoms in total. The highest BCUT2D eigenvalue weighted by Crippen LogP contribution is 2.27. The second kappa shape index (κ2) is 5.82. The lowest BCUT2D eigenvalue weighted by molar-refractivity contribution is 0.217. The minimum atomic E-state index is -3.03. The van der Waals surface area contributed by atoms with Crippen LogP contribution in [0, 0.1) is 5.92 Å². The fourth-order valence-electron chi connectivity index (χ4n) is 2.11. The summed E-state index contributed by atoms with van der Waals surface area (Å²) >= 11 is 0. The first-order chi connectivity index (χ1) is 7.05. The van der Waals surface area contributed by atoms with E-state index in [1.54, 1.807) is 0 Å². The minimum Gasteiger partial charge on any atom is -0.384 e. The number of rotatable bonds is 6. The Morgan fingerprint density at radius 1 is 1.40 bits per heavy atom. The van der Waals surface area contributed by atoms with Gasteiger partial charge in [-0.1, -0.05) is 12.8 Å². The monoisotopic (exact) mass is 235 g/mol. The Morgan fingerprint density at radius 3 is 2.53 bits per heavy atom. The topological polar surface area (TPSA) is 69.4 Å². The van der Waals surface area contributed by atoms with Crippen LogP contribution in [0.5, 0.6) is 0 Å². The van der Waals surface area contributed by atoms with E-state index in [-0.39, 0.29) is 24.2 Å². The molecule has 0 aromatic rings. The van der Waals surface area contributed by atoms with E-state index in [0.717, 1.165) is 12.8 Å². The zero-order chi connectivity index (χ0) is 11.3. The van der Waals surface area contributed by atoms with E-state index in [4.69, 9.17) is 10.5 Å². The van der Waals surface area contributed by atoms with Crippen molar-refractivity contribution in [2.45, 2.75) is 31.7 Å². The van der Waals surface area contributed by atoms with Gasteiger partial charge < -0.3 is 10.5 Å². The smallest absolute Gasteiger partial charge is 0.154 e. The van der Waals surface area contributed by atoms with Gasteiger partial charge >= 0.3 is 0 Å². The predicted molar refractivity (Wildman–Crippen MR) is 60.5 cm³/mol. The van der Waals surface area contributed by atoms with Crippen molar-refractivity contribution in [1.82, 2.24) is 0 Å². The van der Waals surface area contributed by atoms with Gasteiger partial charge in [-0.05, 0) is 18.8 Å². The molecule has 1 saturated carbocycles. The molecular formula is C10H21NO3S. The molecule has 1 fully saturated rings. The highest BCUT2D eigenvalue weighted by Gasteiger charge is 2.26. The van der Waals surface area contributed by atoms with E-state index in [1.165, 1.54) is 20.0 Å². The van der Waals surface area contributed by atoms with Crippen LogP contribution >= 0.6 is 0 Å². The summed E-state index contributed by atoms with van der Waals surface area (Å²) in [7, 11) is -1.52. The van der Waals surface area contributed by atoms with Crippen LogP contribution in [-0.4, -0.2) is 39.7 Å². The fraction of sp³-hybridized carbons (Fsp3) is 1.00. The maximum Gasteiger partial charge on any atom is 0.154 e. The summed E-state index contributed by atoms with van der Waals surface area (Å²) in [5, 5.41) is 0. The molecule has 5 heteroatoms. The molecule has 0 aromatic heterocycles. The van der Waals surface area contributed by atoms with Crippen LogP contribution in [0.1, 0.15) is 25.7 Å². The molecule has 0 spiro atoms. The zero-order valence-electron chi connectivity index (χ0n) is 9.31. The first-order valence-corrected chi connectivity index (χ1v) is 7.32. The van der Waals surface area contributed by atoms with Gasteiger partial charge in [0.2, 0.25) is 0 Å². The van der Waals surface area contributed by atoms with E-state index in [9.17, 15) is 8.42 Å². The SMILES string of the molecule is COCCS(=O)(=O)CC(N)C1CCCC1. The number of ether oxygens (including phenoxy) is 1. The van der Waals surface area contributed by atoms with Gasteiger partial charge in [0.15, 0.2) is 9.84 Å². The maximum atomic E-state index is 11.6. The molecular weight excluding hydrogens is 214 g/mol. The minimum absolute atomic E-state index is 0.0872. The second-order valence-electron chi connectivity index (χ2n) is 4.32. The Labute approximate surface area is 92.1 Å². The average molecular weight is 235 g/mol. The molecule has 0 aromatic carbocycles. The highest BCUT2D eigenvalue weighted by molar-refractivity contribution is 7.91. The Kier molecular flexibility index (Phi) is 5.02. The quantitative estimate of drug-likeness (QED) is 0.730. The summed E-state index contributed by atoms with van der Waals surface area (Å²) in [4.78, 5) is 0. The molecule has 0 heterocycles. The third kappa shape index (κ3) is 4.49. The second-order valence-corrected chi connectivity index (χ2v) is 6.54. The van der Waals surface area contributed by atoms with Gasteiger partial charge in [0.1, 0.15) is 0 Å². The number of sulfone groups is 1. The molecule has 2 N–H and O–H groups in total. The summed E-state index contributed by atoms with van der Waals surface area (Å²) in [5.74, 6) is 0.604. The molecule has 0 bridgehead atoms. The predicted octanol–water partition coefficient (Wildman–Crippen LogP) is 0.565. The van der Waals surface area contributed by atoms with Crippen molar-refractivity contribution < 1.29 is 13.2 Å². The Bertz CT molecular complexity index is 270. The van der Waals surface area contributed by atoms with Crippen molar-refractivity contribution in [3.8, 4) is 0 Å². The van der Waals surface area contributed by atoms with E-state index in [1.807, 2.05) is 0 Å². The van der Waals surface area contributed by atoms with Crippen LogP contribution in [0.4, 0.5) is 0 Å². The van der Waals surface area contributed by atoms with Crippen molar-refractivity contribution in [2.24, 2.45) is 11.7 Å². The fourth-order valence-corrected chi connectivity index (χ4v) is 3.55. The van der Waals surface area contributed by atoms with Crippen LogP contribution in [0.15, 0.2) is 0 Å². The molecule has 0 radical (unpaired) electrons. The molecule has 1 atom stereocenters. The summed E-state index contributed by atoms with van der Waals surface area (Å²) in [6.07, 6.45) is 4.55. The van der Waals surface area contributed by atoms with Crippen molar-refractivity contribution in [2.75, 3.05) is 25.2 Å². The van der Waals surface area contributed by atoms with Crippen molar-refractivity contribution >= 4 is 9.84 Å². The van der Waals surface area contributed by atoms with Gasteiger partial charge in [0.25, 0.3) is 0 Å². The number of nitrogens with two attached hydrogens (primary N) is 1. The lowest BCUT2D eigenvalue weighted by Crippen LogP contribution is -2.37. The van der Waals surface area contributed by atoms with Gasteiger partial charge in [0, 0.05) is 13.2 Å². The van der Waals surface area contributed by atoms with Crippen LogP contribution in [0.3, 0.4) is 0 Å². The van der Waals surface area contributed by atoms with Gasteiger partial charge in [-0.3, -0.25) is 0 Å². The van der Waals surface area contributed by atoms with Crippen molar-refractivity contribution in [1.29, 1.82) is 0 Å². The first-order valence-electron chi connectivity index (χ1n) is 5.50. The molecule has 1 aliphatic carbocycles. The van der Waals surface area contributed by atoms with E-state index >= 15 is 0 Å². The molecule has 90 valence electrons. The molecule has 0 amide bonds. The van der Waals surface area contributed by atoms with Crippen LogP contribution in [0.25, 0.3) is 0 Å². The normalized spacial score (nSPS) is 20.7. The average Bonchev–Trinajstić information content (AvgIpc) is 2.67. The van der Waals surface area contributed by atoms with Gasteiger partial charge in [-0.15, -0.1) is 0 Å². The van der Waals surface area contributed by atoms with E-state index < -0.39 is 9.84 Å². The summed E-state index contributed by atoms with van der Waals surface area (Å²) in [5.41, 5.74) is 5.92. The zero-order valence-corrected chi connectivity index (χ0v) is 10.1. The molecule has 1 aliphatic rings. The largest absolute Gasteiger partial charge is 0.384 e. The van der Waals surface area contributed by atoms with Crippen LogP contribution in [-0.2, 0) is 14.6 Å². The summed E-state index contributed by atoms with van der Waals surface area (Å²) in [6.45, 7) is 0.264. The third-order valence-corrected chi connectivity index (χ3v) is 4.73. The van der Waals surface area contributed by atoms with Crippen LogP contribution in [0.2, 0.25) is 0 Å². The number of methoxy groups -OCH3 is 1. The first kappa shape index (κ1) is 12.9. The molecule has 0 saturated heterocycles. The third-order valence-electron chi connectivity index (χ3n) is 3.05. The highest BCUT2D eigenvalue weighted by atomic mass is 32.2. The lowest BCUT2D eigenvalue weighted by atomic mass is 10.0. The number of hydrogen-bond donors (Lipinski definition) is 1. The molecule has 15 heavy (non-hydrogen) atoms. The van der Waals surface area contributed by atoms with Gasteiger partial charge in [-0.25, -0.2) is 8.42 Å². The Hall–Kier alpha value is -0.130. The van der Waals surface area contributed by atoms with E-state index in [2.05, 4.69) is 0 Å². The van der Waals surface area contributed by atoms with Crippen molar-refractivity contribution in [3.63, 3.8) is 0 Å². The van der Waals surface area contributed by atoms with E-state index in [0.29, 0.717) is 5.92 Å².